The maximum atomic E-state index is 13.4. The van der Waals surface area contributed by atoms with Crippen LogP contribution in [0, 0.1) is 5.92 Å². The van der Waals surface area contributed by atoms with Crippen LogP contribution in [0.3, 0.4) is 0 Å². The molecular weight excluding hydrogens is 476 g/mol. The minimum Gasteiger partial charge on any atom is -0.497 e. The fraction of sp³-hybridized carbons (Fsp3) is 0.630. The molecule has 1 aromatic rings. The number of carbonyl (C=O) groups is 4. The molecule has 4 amide bonds. The third kappa shape index (κ3) is 8.18. The van der Waals surface area contributed by atoms with Crippen LogP contribution >= 0.6 is 0 Å². The molecule has 2 N–H and O–H groups in total. The van der Waals surface area contributed by atoms with Crippen LogP contribution in [0.25, 0.3) is 0 Å². The van der Waals surface area contributed by atoms with Crippen LogP contribution in [-0.2, 0) is 30.3 Å². The Morgan fingerprint density at radius 1 is 1.08 bits per heavy atom. The Kier molecular flexibility index (Phi) is 10.7. The van der Waals surface area contributed by atoms with Crippen molar-refractivity contribution in [2.75, 3.05) is 47.0 Å². The molecule has 2 aliphatic rings. The molecule has 0 spiro atoms. The minimum absolute atomic E-state index is 0.0700. The normalized spacial score (nSPS) is 23.5. The van der Waals surface area contributed by atoms with Crippen LogP contribution in [0.5, 0.6) is 5.75 Å². The molecular formula is C27H40N4O6. The van der Waals surface area contributed by atoms with Gasteiger partial charge < -0.3 is 29.9 Å². The minimum atomic E-state index is -0.828. The largest absolute Gasteiger partial charge is 0.497 e. The van der Waals surface area contributed by atoms with Gasteiger partial charge in [0.05, 0.1) is 7.11 Å². The summed E-state index contributed by atoms with van der Waals surface area (Å²) >= 11 is 0. The lowest BCUT2D eigenvalue weighted by Gasteiger charge is -2.29. The average molecular weight is 517 g/mol. The van der Waals surface area contributed by atoms with E-state index in [2.05, 4.69) is 10.6 Å². The van der Waals surface area contributed by atoms with Crippen LogP contribution in [0.4, 0.5) is 0 Å². The van der Waals surface area contributed by atoms with E-state index >= 15 is 0 Å². The molecule has 10 nitrogen and oxygen atoms in total. The second kappa shape index (κ2) is 14.0. The first-order valence-corrected chi connectivity index (χ1v) is 13.1. The quantitative estimate of drug-likeness (QED) is 0.620. The summed E-state index contributed by atoms with van der Waals surface area (Å²) in [5.41, 5.74) is 0.858. The van der Waals surface area contributed by atoms with Crippen molar-refractivity contribution < 1.29 is 28.7 Å². The number of nitrogens with zero attached hydrogens (tertiary/aromatic N) is 2. The van der Waals surface area contributed by atoms with Gasteiger partial charge in [0.15, 0.2) is 0 Å². The van der Waals surface area contributed by atoms with Crippen molar-refractivity contribution in [2.24, 2.45) is 5.92 Å². The fourth-order valence-electron chi connectivity index (χ4n) is 4.67. The van der Waals surface area contributed by atoms with Crippen molar-refractivity contribution in [1.29, 1.82) is 0 Å². The molecule has 2 heterocycles. The van der Waals surface area contributed by atoms with E-state index in [1.54, 1.807) is 33.2 Å². The van der Waals surface area contributed by atoms with Crippen molar-refractivity contribution >= 4 is 23.6 Å². The molecule has 2 atom stereocenters. The molecule has 0 unspecified atom stereocenters. The third-order valence-electron chi connectivity index (χ3n) is 7.16. The number of amides is 4. The zero-order valence-corrected chi connectivity index (χ0v) is 22.2. The van der Waals surface area contributed by atoms with Crippen LogP contribution in [0.1, 0.15) is 44.6 Å². The van der Waals surface area contributed by atoms with Crippen molar-refractivity contribution in [3.8, 4) is 5.75 Å². The molecule has 10 heteroatoms. The fourth-order valence-corrected chi connectivity index (χ4v) is 4.67. The molecule has 37 heavy (non-hydrogen) atoms. The first-order valence-electron chi connectivity index (χ1n) is 13.1. The van der Waals surface area contributed by atoms with Crippen molar-refractivity contribution in [3.63, 3.8) is 0 Å². The molecule has 0 aromatic heterocycles. The summed E-state index contributed by atoms with van der Waals surface area (Å²) in [4.78, 5) is 55.4. The first-order chi connectivity index (χ1) is 17.8. The molecule has 0 saturated carbocycles. The predicted molar refractivity (Wildman–Crippen MR) is 138 cm³/mol. The van der Waals surface area contributed by atoms with Gasteiger partial charge in [-0.15, -0.1) is 0 Å². The van der Waals surface area contributed by atoms with Gasteiger partial charge >= 0.3 is 0 Å². The maximum Gasteiger partial charge on any atom is 0.245 e. The third-order valence-corrected chi connectivity index (χ3v) is 7.16. The Labute approximate surface area is 219 Å². The SMILES string of the molecule is COc1ccc(C[C@@H]2NC(=O)CCCN(C(=O)C3CCOCC3)CCCNC(=O)[C@H](C)N(C)C2=O)cc1. The summed E-state index contributed by atoms with van der Waals surface area (Å²) < 4.78 is 10.6. The summed E-state index contributed by atoms with van der Waals surface area (Å²) in [5.74, 6) is -0.158. The first kappa shape index (κ1) is 28.4. The van der Waals surface area contributed by atoms with E-state index in [9.17, 15) is 19.2 Å². The van der Waals surface area contributed by atoms with Gasteiger partial charge in [0, 0.05) is 58.7 Å². The van der Waals surface area contributed by atoms with E-state index in [1.165, 1.54) is 4.90 Å². The topological polar surface area (TPSA) is 117 Å². The lowest BCUT2D eigenvalue weighted by atomic mass is 9.98. The van der Waals surface area contributed by atoms with Gasteiger partial charge in [-0.05, 0) is 50.3 Å². The van der Waals surface area contributed by atoms with Crippen molar-refractivity contribution in [1.82, 2.24) is 20.4 Å². The molecule has 204 valence electrons. The Morgan fingerprint density at radius 2 is 1.76 bits per heavy atom. The Morgan fingerprint density at radius 3 is 2.43 bits per heavy atom. The highest BCUT2D eigenvalue weighted by Crippen LogP contribution is 2.19. The lowest BCUT2D eigenvalue weighted by Crippen LogP contribution is -2.54. The van der Waals surface area contributed by atoms with Crippen LogP contribution in [0.15, 0.2) is 24.3 Å². The summed E-state index contributed by atoms with van der Waals surface area (Å²) in [6.07, 6.45) is 2.96. The van der Waals surface area contributed by atoms with E-state index in [4.69, 9.17) is 9.47 Å². The number of nitrogens with one attached hydrogen (secondary N) is 2. The summed E-state index contributed by atoms with van der Waals surface area (Å²) in [7, 11) is 3.16. The van der Waals surface area contributed by atoms with Gasteiger partial charge in [-0.2, -0.15) is 0 Å². The Bertz CT molecular complexity index is 931. The summed E-state index contributed by atoms with van der Waals surface area (Å²) in [5, 5.41) is 5.76. The molecule has 2 aliphatic heterocycles. The van der Waals surface area contributed by atoms with Crippen LogP contribution in [-0.4, -0.2) is 92.5 Å². The van der Waals surface area contributed by atoms with E-state index < -0.39 is 12.1 Å². The van der Waals surface area contributed by atoms with E-state index in [-0.39, 0.29) is 42.4 Å². The zero-order valence-electron chi connectivity index (χ0n) is 22.2. The second-order valence-corrected chi connectivity index (χ2v) is 9.76. The molecule has 0 bridgehead atoms. The van der Waals surface area contributed by atoms with Crippen LogP contribution in [0.2, 0.25) is 0 Å². The highest BCUT2D eigenvalue weighted by molar-refractivity contribution is 5.92. The smallest absolute Gasteiger partial charge is 0.245 e. The van der Waals surface area contributed by atoms with Gasteiger partial charge in [-0.3, -0.25) is 19.2 Å². The monoisotopic (exact) mass is 516 g/mol. The van der Waals surface area contributed by atoms with Crippen LogP contribution < -0.4 is 15.4 Å². The standard InChI is InChI=1S/C27H40N4O6/c1-19-25(33)28-13-5-15-31(26(34)21-11-16-37-17-12-21)14-4-6-24(32)29-23(27(35)30(19)2)18-20-7-9-22(36-3)10-8-20/h7-10,19,21,23H,4-6,11-18H2,1-3H3,(H,28,33)(H,29,32)/t19-,23-/m0/s1. The van der Waals surface area contributed by atoms with Crippen molar-refractivity contribution in [3.05, 3.63) is 29.8 Å². The van der Waals surface area contributed by atoms with Gasteiger partial charge in [0.1, 0.15) is 17.8 Å². The van der Waals surface area contributed by atoms with E-state index in [0.717, 1.165) is 5.56 Å². The van der Waals surface area contributed by atoms with Gasteiger partial charge in [-0.1, -0.05) is 12.1 Å². The number of carbonyl (C=O) groups excluding carboxylic acids is 4. The van der Waals surface area contributed by atoms with Crippen molar-refractivity contribution in [2.45, 2.75) is 57.5 Å². The number of rotatable bonds is 4. The zero-order chi connectivity index (χ0) is 26.8. The highest BCUT2D eigenvalue weighted by Gasteiger charge is 2.31. The van der Waals surface area contributed by atoms with E-state index in [1.807, 2.05) is 17.0 Å². The molecule has 0 aliphatic carbocycles. The molecule has 1 aromatic carbocycles. The highest BCUT2D eigenvalue weighted by atomic mass is 16.5. The Balaban J connectivity index is 1.74. The lowest BCUT2D eigenvalue weighted by molar-refractivity contribution is -0.141. The van der Waals surface area contributed by atoms with Gasteiger partial charge in [-0.25, -0.2) is 0 Å². The average Bonchev–Trinajstić information content (AvgIpc) is 2.92. The number of likely N-dealkylation sites (N-methyl/N-ethyl adjacent to an activating group) is 1. The Hall–Kier alpha value is -3.14. The number of hydrogen-bond donors (Lipinski definition) is 2. The molecule has 3 rings (SSSR count). The molecule has 2 saturated heterocycles. The molecule has 2 fully saturated rings. The number of ether oxygens (including phenoxy) is 2. The van der Waals surface area contributed by atoms with E-state index in [0.29, 0.717) is 64.3 Å². The summed E-state index contributed by atoms with van der Waals surface area (Å²) in [6.45, 7) is 4.18. The van der Waals surface area contributed by atoms with Gasteiger partial charge in [0.2, 0.25) is 23.6 Å². The summed E-state index contributed by atoms with van der Waals surface area (Å²) in [6, 6.07) is 5.77. The van der Waals surface area contributed by atoms with Gasteiger partial charge in [0.25, 0.3) is 0 Å². The number of hydrogen-bond acceptors (Lipinski definition) is 6. The number of methoxy groups -OCH3 is 1. The maximum absolute atomic E-state index is 13.4. The number of benzene rings is 1. The second-order valence-electron chi connectivity index (χ2n) is 9.76. The predicted octanol–water partition coefficient (Wildman–Crippen LogP) is 1.12. The molecule has 0 radical (unpaired) electrons.